The molecule has 3 rings (SSSR count). The van der Waals surface area contributed by atoms with E-state index in [1.807, 2.05) is 6.92 Å². The first-order chi connectivity index (χ1) is 14.9. The summed E-state index contributed by atoms with van der Waals surface area (Å²) in [5, 5.41) is 0. The number of ether oxygens (including phenoxy) is 4. The van der Waals surface area contributed by atoms with Gasteiger partial charge in [-0.1, -0.05) is 0 Å². The van der Waals surface area contributed by atoms with Crippen LogP contribution in [0.3, 0.4) is 0 Å². The minimum Gasteiger partial charge on any atom is -0.494 e. The third kappa shape index (κ3) is 5.87. The van der Waals surface area contributed by atoms with E-state index in [9.17, 15) is 8.42 Å². The van der Waals surface area contributed by atoms with Gasteiger partial charge in [-0.15, -0.1) is 0 Å². The molecular weight excluding hydrogens is 420 g/mol. The highest BCUT2D eigenvalue weighted by Gasteiger charge is 2.17. The SMILES string of the molecule is CCOc1ccc(Oc2cc(CNS(=O)(=O)c3ccc(OC)c(OC)c3)ccn2)cc1. The molecule has 0 fully saturated rings. The van der Waals surface area contributed by atoms with Crippen LogP contribution < -0.4 is 23.7 Å². The smallest absolute Gasteiger partial charge is 0.241 e. The summed E-state index contributed by atoms with van der Waals surface area (Å²) in [6.07, 6.45) is 1.56. The van der Waals surface area contributed by atoms with Gasteiger partial charge in [0.1, 0.15) is 11.5 Å². The van der Waals surface area contributed by atoms with Crippen molar-refractivity contribution in [1.82, 2.24) is 9.71 Å². The fourth-order valence-corrected chi connectivity index (χ4v) is 3.79. The summed E-state index contributed by atoms with van der Waals surface area (Å²) < 4.78 is 49.4. The van der Waals surface area contributed by atoms with Crippen LogP contribution in [0.15, 0.2) is 65.7 Å². The molecule has 164 valence electrons. The fourth-order valence-electron chi connectivity index (χ4n) is 2.75. The van der Waals surface area contributed by atoms with Crippen LogP contribution in [0.25, 0.3) is 0 Å². The van der Waals surface area contributed by atoms with E-state index in [4.69, 9.17) is 18.9 Å². The molecular formula is C22H24N2O6S. The molecule has 1 aromatic heterocycles. The number of aromatic nitrogens is 1. The number of benzene rings is 2. The molecule has 0 saturated heterocycles. The standard InChI is InChI=1S/C22H24N2O6S/c1-4-29-17-5-7-18(8-6-17)30-22-13-16(11-12-23-22)15-24-31(25,26)19-9-10-20(27-2)21(14-19)28-3/h5-14,24H,4,15H2,1-3H3. The van der Waals surface area contributed by atoms with Crippen LogP contribution in [-0.4, -0.2) is 34.2 Å². The van der Waals surface area contributed by atoms with Crippen molar-refractivity contribution in [1.29, 1.82) is 0 Å². The van der Waals surface area contributed by atoms with Gasteiger partial charge < -0.3 is 18.9 Å². The predicted octanol–water partition coefficient (Wildman–Crippen LogP) is 3.77. The number of methoxy groups -OCH3 is 2. The first-order valence-electron chi connectivity index (χ1n) is 9.52. The summed E-state index contributed by atoms with van der Waals surface area (Å²) in [5.74, 6) is 2.49. The minimum atomic E-state index is -3.76. The quantitative estimate of drug-likeness (QED) is 0.508. The molecule has 0 aliphatic heterocycles. The zero-order valence-electron chi connectivity index (χ0n) is 17.5. The molecule has 8 nitrogen and oxygen atoms in total. The second kappa shape index (κ2) is 10.1. The van der Waals surface area contributed by atoms with E-state index < -0.39 is 10.0 Å². The Bertz CT molecular complexity index is 1120. The summed E-state index contributed by atoms with van der Waals surface area (Å²) in [6.45, 7) is 2.57. The van der Waals surface area contributed by atoms with Gasteiger partial charge in [0.15, 0.2) is 11.5 Å². The van der Waals surface area contributed by atoms with E-state index >= 15 is 0 Å². The number of pyridine rings is 1. The van der Waals surface area contributed by atoms with Crippen LogP contribution in [0.5, 0.6) is 28.9 Å². The van der Waals surface area contributed by atoms with Gasteiger partial charge in [0.05, 0.1) is 25.7 Å². The Labute approximate surface area is 181 Å². The first-order valence-corrected chi connectivity index (χ1v) is 11.0. The second-order valence-electron chi connectivity index (χ2n) is 6.35. The highest BCUT2D eigenvalue weighted by molar-refractivity contribution is 7.89. The Morgan fingerprint density at radius 1 is 0.903 bits per heavy atom. The maximum Gasteiger partial charge on any atom is 0.241 e. The van der Waals surface area contributed by atoms with Gasteiger partial charge in [0.25, 0.3) is 0 Å². The lowest BCUT2D eigenvalue weighted by Crippen LogP contribution is -2.23. The molecule has 0 bridgehead atoms. The maximum absolute atomic E-state index is 12.7. The van der Waals surface area contributed by atoms with Crippen LogP contribution >= 0.6 is 0 Å². The lowest BCUT2D eigenvalue weighted by atomic mass is 10.3. The Hall–Kier alpha value is -3.30. The molecule has 9 heteroatoms. The van der Waals surface area contributed by atoms with Crippen molar-refractivity contribution in [3.8, 4) is 28.9 Å². The third-order valence-electron chi connectivity index (χ3n) is 4.29. The molecule has 1 heterocycles. The van der Waals surface area contributed by atoms with Crippen LogP contribution in [0, 0.1) is 0 Å². The molecule has 0 aliphatic rings. The summed E-state index contributed by atoms with van der Waals surface area (Å²) in [5.41, 5.74) is 0.694. The van der Waals surface area contributed by atoms with Gasteiger partial charge in [0, 0.05) is 24.9 Å². The predicted molar refractivity (Wildman–Crippen MR) is 115 cm³/mol. The van der Waals surface area contributed by atoms with Gasteiger partial charge in [-0.25, -0.2) is 18.1 Å². The monoisotopic (exact) mass is 444 g/mol. The Kier molecular flexibility index (Phi) is 7.32. The molecule has 1 N–H and O–H groups in total. The van der Waals surface area contributed by atoms with Gasteiger partial charge in [0.2, 0.25) is 15.9 Å². The van der Waals surface area contributed by atoms with Crippen LogP contribution in [0.4, 0.5) is 0 Å². The normalized spacial score (nSPS) is 11.1. The summed E-state index contributed by atoms with van der Waals surface area (Å²) in [6, 6.07) is 15.0. The van der Waals surface area contributed by atoms with E-state index in [1.54, 1.807) is 48.7 Å². The maximum atomic E-state index is 12.7. The zero-order chi connectivity index (χ0) is 22.3. The van der Waals surface area contributed by atoms with Crippen LogP contribution in [0.2, 0.25) is 0 Å². The van der Waals surface area contributed by atoms with Gasteiger partial charge in [-0.05, 0) is 55.0 Å². The van der Waals surface area contributed by atoms with Gasteiger partial charge >= 0.3 is 0 Å². The van der Waals surface area contributed by atoms with Crippen LogP contribution in [0.1, 0.15) is 12.5 Å². The number of sulfonamides is 1. The first kappa shape index (κ1) is 22.4. The van der Waals surface area contributed by atoms with Gasteiger partial charge in [-0.2, -0.15) is 0 Å². The van der Waals surface area contributed by atoms with Crippen molar-refractivity contribution in [2.24, 2.45) is 0 Å². The molecule has 0 unspecified atom stereocenters. The van der Waals surface area contributed by atoms with Gasteiger partial charge in [-0.3, -0.25) is 0 Å². The number of nitrogens with zero attached hydrogens (tertiary/aromatic N) is 1. The molecule has 0 spiro atoms. The molecule has 0 amide bonds. The Balaban J connectivity index is 1.68. The molecule has 0 aliphatic carbocycles. The zero-order valence-corrected chi connectivity index (χ0v) is 18.3. The lowest BCUT2D eigenvalue weighted by Gasteiger charge is -2.11. The van der Waals surface area contributed by atoms with E-state index in [-0.39, 0.29) is 11.4 Å². The van der Waals surface area contributed by atoms with Crippen molar-refractivity contribution in [2.45, 2.75) is 18.4 Å². The Morgan fingerprint density at radius 2 is 1.61 bits per heavy atom. The summed E-state index contributed by atoms with van der Waals surface area (Å²) in [7, 11) is -0.823. The highest BCUT2D eigenvalue weighted by atomic mass is 32.2. The van der Waals surface area contributed by atoms with Crippen molar-refractivity contribution in [3.05, 3.63) is 66.4 Å². The number of hydrogen-bond donors (Lipinski definition) is 1. The number of nitrogens with one attached hydrogen (secondary N) is 1. The van der Waals surface area contributed by atoms with Crippen LogP contribution in [-0.2, 0) is 16.6 Å². The number of hydrogen-bond acceptors (Lipinski definition) is 7. The average molecular weight is 445 g/mol. The highest BCUT2D eigenvalue weighted by Crippen LogP contribution is 2.29. The summed E-state index contributed by atoms with van der Waals surface area (Å²) in [4.78, 5) is 4.25. The third-order valence-corrected chi connectivity index (χ3v) is 5.69. The molecule has 0 radical (unpaired) electrons. The second-order valence-corrected chi connectivity index (χ2v) is 8.12. The van der Waals surface area contributed by atoms with Crippen molar-refractivity contribution >= 4 is 10.0 Å². The molecule has 31 heavy (non-hydrogen) atoms. The minimum absolute atomic E-state index is 0.0683. The van der Waals surface area contributed by atoms with E-state index in [0.29, 0.717) is 35.3 Å². The van der Waals surface area contributed by atoms with E-state index in [0.717, 1.165) is 5.75 Å². The average Bonchev–Trinajstić information content (AvgIpc) is 2.79. The van der Waals surface area contributed by atoms with E-state index in [1.165, 1.54) is 26.4 Å². The van der Waals surface area contributed by atoms with E-state index in [2.05, 4.69) is 9.71 Å². The molecule has 0 saturated carbocycles. The molecule has 0 atom stereocenters. The van der Waals surface area contributed by atoms with Crippen molar-refractivity contribution in [3.63, 3.8) is 0 Å². The molecule has 3 aromatic rings. The number of rotatable bonds is 10. The largest absolute Gasteiger partial charge is 0.494 e. The van der Waals surface area contributed by atoms with Crippen molar-refractivity contribution < 1.29 is 27.4 Å². The summed E-state index contributed by atoms with van der Waals surface area (Å²) >= 11 is 0. The van der Waals surface area contributed by atoms with Crippen molar-refractivity contribution in [2.75, 3.05) is 20.8 Å². The molecule has 2 aromatic carbocycles. The topological polar surface area (TPSA) is 96.0 Å². The Morgan fingerprint density at radius 3 is 2.29 bits per heavy atom. The lowest BCUT2D eigenvalue weighted by molar-refractivity contribution is 0.339. The fraction of sp³-hybridized carbons (Fsp3) is 0.227.